The zero-order valence-corrected chi connectivity index (χ0v) is 13.1. The highest BCUT2D eigenvalue weighted by atomic mass is 16.4. The Kier molecular flexibility index (Phi) is 3.92. The summed E-state index contributed by atoms with van der Waals surface area (Å²) in [5.74, 6) is 1.15. The van der Waals surface area contributed by atoms with Crippen LogP contribution in [0.15, 0.2) is 46.9 Å². The highest BCUT2D eigenvalue weighted by Gasteiger charge is 2.10. The predicted molar refractivity (Wildman–Crippen MR) is 87.7 cm³/mol. The lowest BCUT2D eigenvalue weighted by Gasteiger charge is -2.09. The minimum Gasteiger partial charge on any atom is -0.419 e. The summed E-state index contributed by atoms with van der Waals surface area (Å²) in [7, 11) is 0. The maximum absolute atomic E-state index is 5.76. The van der Waals surface area contributed by atoms with Gasteiger partial charge in [0.1, 0.15) is 0 Å². The summed E-state index contributed by atoms with van der Waals surface area (Å²) in [6, 6.07) is 14.2. The number of rotatable bonds is 4. The first-order valence-electron chi connectivity index (χ1n) is 7.33. The van der Waals surface area contributed by atoms with Gasteiger partial charge in [-0.2, -0.15) is 0 Å². The van der Waals surface area contributed by atoms with E-state index in [0.717, 1.165) is 16.8 Å². The van der Waals surface area contributed by atoms with Crippen LogP contribution in [-0.2, 0) is 6.54 Å². The Morgan fingerprint density at radius 2 is 1.68 bits per heavy atom. The molecule has 0 unspecified atom stereocenters. The lowest BCUT2D eigenvalue weighted by molar-refractivity contribution is 0.514. The van der Waals surface area contributed by atoms with Gasteiger partial charge in [-0.1, -0.05) is 30.3 Å². The molecule has 112 valence electrons. The Morgan fingerprint density at radius 3 is 2.50 bits per heavy atom. The number of nitrogens with zero attached hydrogens (tertiary/aromatic N) is 2. The van der Waals surface area contributed by atoms with Crippen molar-refractivity contribution in [2.75, 3.05) is 5.32 Å². The number of benzene rings is 2. The van der Waals surface area contributed by atoms with Gasteiger partial charge < -0.3 is 9.73 Å². The lowest BCUT2D eigenvalue weighted by atomic mass is 10.1. The predicted octanol–water partition coefficient (Wildman–Crippen LogP) is 4.27. The van der Waals surface area contributed by atoms with Crippen LogP contribution >= 0.6 is 0 Å². The molecule has 2 aromatic carbocycles. The molecule has 0 fully saturated rings. The van der Waals surface area contributed by atoms with E-state index < -0.39 is 0 Å². The van der Waals surface area contributed by atoms with Crippen molar-refractivity contribution >= 4 is 5.69 Å². The maximum atomic E-state index is 5.76. The molecule has 0 saturated carbocycles. The average Bonchev–Trinajstić information content (AvgIpc) is 2.98. The summed E-state index contributed by atoms with van der Waals surface area (Å²) >= 11 is 0. The standard InChI is InChI=1S/C18H19N3O/c1-12-8-6-10-16(14(12)3)19-11-17-20-21-18(22-17)15-9-5-4-7-13(15)2/h4-10,19H,11H2,1-3H3. The van der Waals surface area contributed by atoms with Crippen LogP contribution < -0.4 is 5.32 Å². The number of aryl methyl sites for hydroxylation is 2. The summed E-state index contributed by atoms with van der Waals surface area (Å²) < 4.78 is 5.76. The van der Waals surface area contributed by atoms with Crippen LogP contribution in [0.2, 0.25) is 0 Å². The van der Waals surface area contributed by atoms with Crippen molar-refractivity contribution in [3.05, 3.63) is 65.0 Å². The van der Waals surface area contributed by atoms with Gasteiger partial charge in [-0.3, -0.25) is 0 Å². The molecule has 0 saturated heterocycles. The van der Waals surface area contributed by atoms with Gasteiger partial charge >= 0.3 is 0 Å². The summed E-state index contributed by atoms with van der Waals surface area (Å²) in [6.07, 6.45) is 0. The van der Waals surface area contributed by atoms with Crippen LogP contribution in [0.5, 0.6) is 0 Å². The first kappa shape index (κ1) is 14.3. The molecular formula is C18H19N3O. The molecule has 1 heterocycles. The molecule has 1 N–H and O–H groups in total. The van der Waals surface area contributed by atoms with Crippen molar-refractivity contribution in [1.82, 2.24) is 10.2 Å². The first-order chi connectivity index (χ1) is 10.6. The molecule has 0 bridgehead atoms. The van der Waals surface area contributed by atoms with Crippen molar-refractivity contribution in [2.24, 2.45) is 0 Å². The van der Waals surface area contributed by atoms with Crippen LogP contribution in [0.3, 0.4) is 0 Å². The molecule has 3 aromatic rings. The van der Waals surface area contributed by atoms with Gasteiger partial charge in [-0.25, -0.2) is 0 Å². The van der Waals surface area contributed by atoms with E-state index in [1.165, 1.54) is 11.1 Å². The van der Waals surface area contributed by atoms with Crippen LogP contribution in [0.25, 0.3) is 11.5 Å². The fourth-order valence-electron chi connectivity index (χ4n) is 2.36. The van der Waals surface area contributed by atoms with Gasteiger partial charge in [0.15, 0.2) is 0 Å². The van der Waals surface area contributed by atoms with Gasteiger partial charge in [-0.15, -0.1) is 10.2 Å². The van der Waals surface area contributed by atoms with Gasteiger partial charge in [0, 0.05) is 11.3 Å². The molecular weight excluding hydrogens is 274 g/mol. The number of aromatic nitrogens is 2. The van der Waals surface area contributed by atoms with E-state index in [2.05, 4.69) is 41.5 Å². The largest absolute Gasteiger partial charge is 0.419 e. The zero-order chi connectivity index (χ0) is 15.5. The minimum absolute atomic E-state index is 0.517. The molecule has 0 aliphatic heterocycles. The molecule has 0 spiro atoms. The normalized spacial score (nSPS) is 10.7. The summed E-state index contributed by atoms with van der Waals surface area (Å²) in [6.45, 7) is 6.75. The van der Waals surface area contributed by atoms with Crippen molar-refractivity contribution in [1.29, 1.82) is 0 Å². The lowest BCUT2D eigenvalue weighted by Crippen LogP contribution is -2.02. The molecule has 0 aliphatic rings. The quantitative estimate of drug-likeness (QED) is 0.780. The molecule has 0 atom stereocenters. The Labute approximate surface area is 130 Å². The fourth-order valence-corrected chi connectivity index (χ4v) is 2.36. The summed E-state index contributed by atoms with van der Waals surface area (Å²) in [5.41, 5.74) is 5.70. The van der Waals surface area contributed by atoms with Gasteiger partial charge in [0.25, 0.3) is 0 Å². The molecule has 3 rings (SSSR count). The molecule has 4 heteroatoms. The third kappa shape index (κ3) is 2.86. The van der Waals surface area contributed by atoms with Crippen LogP contribution in [-0.4, -0.2) is 10.2 Å². The fraction of sp³-hybridized carbons (Fsp3) is 0.222. The van der Waals surface area contributed by atoms with Gasteiger partial charge in [0.2, 0.25) is 11.8 Å². The Hall–Kier alpha value is -2.62. The summed E-state index contributed by atoms with van der Waals surface area (Å²) in [5, 5.41) is 11.6. The van der Waals surface area contributed by atoms with Crippen molar-refractivity contribution in [3.8, 4) is 11.5 Å². The topological polar surface area (TPSA) is 51.0 Å². The van der Waals surface area contributed by atoms with E-state index >= 15 is 0 Å². The van der Waals surface area contributed by atoms with E-state index in [1.54, 1.807) is 0 Å². The summed E-state index contributed by atoms with van der Waals surface area (Å²) in [4.78, 5) is 0. The van der Waals surface area contributed by atoms with Crippen LogP contribution in [0, 0.1) is 20.8 Å². The molecule has 0 aliphatic carbocycles. The molecule has 0 radical (unpaired) electrons. The third-order valence-corrected chi connectivity index (χ3v) is 3.88. The van der Waals surface area contributed by atoms with E-state index in [9.17, 15) is 0 Å². The Bertz CT molecular complexity index is 793. The van der Waals surface area contributed by atoms with Gasteiger partial charge in [-0.05, 0) is 49.6 Å². The van der Waals surface area contributed by atoms with Crippen LogP contribution in [0.1, 0.15) is 22.6 Å². The second-order valence-electron chi connectivity index (χ2n) is 5.42. The van der Waals surface area contributed by atoms with Crippen molar-refractivity contribution < 1.29 is 4.42 Å². The molecule has 22 heavy (non-hydrogen) atoms. The molecule has 0 amide bonds. The van der Waals surface area contributed by atoms with Crippen molar-refractivity contribution in [3.63, 3.8) is 0 Å². The number of anilines is 1. The Morgan fingerprint density at radius 1 is 0.909 bits per heavy atom. The number of nitrogens with one attached hydrogen (secondary N) is 1. The average molecular weight is 293 g/mol. The minimum atomic E-state index is 0.517. The Balaban J connectivity index is 1.75. The maximum Gasteiger partial charge on any atom is 0.248 e. The van der Waals surface area contributed by atoms with E-state index in [0.29, 0.717) is 18.3 Å². The van der Waals surface area contributed by atoms with E-state index in [1.807, 2.05) is 37.3 Å². The third-order valence-electron chi connectivity index (χ3n) is 3.88. The monoisotopic (exact) mass is 293 g/mol. The van der Waals surface area contributed by atoms with E-state index in [-0.39, 0.29) is 0 Å². The molecule has 1 aromatic heterocycles. The highest BCUT2D eigenvalue weighted by molar-refractivity contribution is 5.57. The number of hydrogen-bond donors (Lipinski definition) is 1. The number of hydrogen-bond acceptors (Lipinski definition) is 4. The first-order valence-corrected chi connectivity index (χ1v) is 7.33. The smallest absolute Gasteiger partial charge is 0.248 e. The van der Waals surface area contributed by atoms with E-state index in [4.69, 9.17) is 4.42 Å². The SMILES string of the molecule is Cc1ccccc1-c1nnc(CNc2cccc(C)c2C)o1. The zero-order valence-electron chi connectivity index (χ0n) is 13.1. The second-order valence-corrected chi connectivity index (χ2v) is 5.42. The van der Waals surface area contributed by atoms with Gasteiger partial charge in [0.05, 0.1) is 6.54 Å². The van der Waals surface area contributed by atoms with Crippen molar-refractivity contribution in [2.45, 2.75) is 27.3 Å². The second kappa shape index (κ2) is 6.02. The molecule has 4 nitrogen and oxygen atoms in total. The highest BCUT2D eigenvalue weighted by Crippen LogP contribution is 2.22. The van der Waals surface area contributed by atoms with Crippen LogP contribution in [0.4, 0.5) is 5.69 Å².